The number of amides is 1. The van der Waals surface area contributed by atoms with Crippen LogP contribution in [-0.4, -0.2) is 12.5 Å². The molecule has 0 saturated carbocycles. The third-order valence-electron chi connectivity index (χ3n) is 2.23. The first-order valence-electron chi connectivity index (χ1n) is 5.02. The van der Waals surface area contributed by atoms with Crippen molar-refractivity contribution >= 4 is 5.91 Å². The van der Waals surface area contributed by atoms with Gasteiger partial charge in [-0.1, -0.05) is 31.2 Å². The van der Waals surface area contributed by atoms with Gasteiger partial charge in [-0.25, -0.2) is 0 Å². The zero-order chi connectivity index (χ0) is 11.1. The van der Waals surface area contributed by atoms with Crippen molar-refractivity contribution in [1.29, 1.82) is 5.26 Å². The summed E-state index contributed by atoms with van der Waals surface area (Å²) in [6.45, 7) is 2.63. The maximum Gasteiger partial charge on any atom is 0.322 e. The van der Waals surface area contributed by atoms with E-state index in [0.29, 0.717) is 6.54 Å². The number of hydrogen-bond donors (Lipinski definition) is 1. The lowest BCUT2D eigenvalue weighted by atomic mass is 10.1. The lowest BCUT2D eigenvalue weighted by Crippen LogP contribution is -2.23. The van der Waals surface area contributed by atoms with Crippen LogP contribution in [0.25, 0.3) is 0 Å². The van der Waals surface area contributed by atoms with Gasteiger partial charge < -0.3 is 5.32 Å². The molecule has 0 saturated heterocycles. The Kier molecular flexibility index (Phi) is 4.36. The Morgan fingerprint density at radius 1 is 1.33 bits per heavy atom. The summed E-state index contributed by atoms with van der Waals surface area (Å²) in [6.07, 6.45) is 1.79. The second kappa shape index (κ2) is 5.82. The van der Waals surface area contributed by atoms with Crippen molar-refractivity contribution in [2.24, 2.45) is 0 Å². The van der Waals surface area contributed by atoms with Crippen molar-refractivity contribution in [2.45, 2.75) is 19.8 Å². The summed E-state index contributed by atoms with van der Waals surface area (Å²) in [5.74, 6) is -0.569. The van der Waals surface area contributed by atoms with E-state index < -0.39 is 5.91 Å². The molecule has 0 aromatic heterocycles. The molecule has 0 atom stereocenters. The van der Waals surface area contributed by atoms with Gasteiger partial charge in [0.25, 0.3) is 0 Å². The van der Waals surface area contributed by atoms with Crippen LogP contribution in [-0.2, 0) is 17.6 Å². The Hall–Kier alpha value is -1.82. The van der Waals surface area contributed by atoms with Gasteiger partial charge in [-0.2, -0.15) is 5.26 Å². The van der Waals surface area contributed by atoms with Gasteiger partial charge in [0.2, 0.25) is 0 Å². The minimum Gasteiger partial charge on any atom is -0.343 e. The number of nitrogens with one attached hydrogen (secondary N) is 1. The predicted molar refractivity (Wildman–Crippen MR) is 58.1 cm³/mol. The Morgan fingerprint density at radius 2 is 1.93 bits per heavy atom. The smallest absolute Gasteiger partial charge is 0.322 e. The Labute approximate surface area is 89.7 Å². The Morgan fingerprint density at radius 3 is 2.47 bits per heavy atom. The van der Waals surface area contributed by atoms with E-state index in [0.717, 1.165) is 12.8 Å². The topological polar surface area (TPSA) is 52.9 Å². The van der Waals surface area contributed by atoms with E-state index >= 15 is 0 Å². The molecule has 1 aromatic rings. The number of carbonyl (C=O) groups is 1. The average molecular weight is 202 g/mol. The van der Waals surface area contributed by atoms with Gasteiger partial charge in [-0.05, 0) is 24.0 Å². The van der Waals surface area contributed by atoms with Gasteiger partial charge in [-0.3, -0.25) is 4.79 Å². The summed E-state index contributed by atoms with van der Waals surface area (Å²) in [7, 11) is 0. The average Bonchev–Trinajstić information content (AvgIpc) is 2.29. The molecule has 1 N–H and O–H groups in total. The van der Waals surface area contributed by atoms with E-state index in [1.807, 2.05) is 0 Å². The number of nitrogens with zero attached hydrogens (tertiary/aromatic N) is 1. The van der Waals surface area contributed by atoms with E-state index in [1.54, 1.807) is 0 Å². The highest BCUT2D eigenvalue weighted by molar-refractivity contribution is 5.91. The molecule has 0 radical (unpaired) electrons. The molecule has 3 heteroatoms. The summed E-state index contributed by atoms with van der Waals surface area (Å²) in [5, 5.41) is 10.7. The van der Waals surface area contributed by atoms with Crippen LogP contribution in [0.2, 0.25) is 0 Å². The van der Waals surface area contributed by atoms with Gasteiger partial charge in [-0.15, -0.1) is 0 Å². The zero-order valence-corrected chi connectivity index (χ0v) is 8.79. The van der Waals surface area contributed by atoms with Crippen molar-refractivity contribution in [3.05, 3.63) is 35.4 Å². The van der Waals surface area contributed by atoms with Gasteiger partial charge in [0.15, 0.2) is 6.07 Å². The minimum absolute atomic E-state index is 0.512. The SMILES string of the molecule is CCc1ccc(CCNC(=O)C#N)cc1. The number of benzene rings is 1. The van der Waals surface area contributed by atoms with Gasteiger partial charge in [0, 0.05) is 6.54 Å². The standard InChI is InChI=1S/C12H14N2O/c1-2-10-3-5-11(6-4-10)7-8-14-12(15)9-13/h3-6H,2,7-8H2,1H3,(H,14,15). The van der Waals surface area contributed by atoms with Crippen molar-refractivity contribution < 1.29 is 4.79 Å². The fourth-order valence-corrected chi connectivity index (χ4v) is 1.30. The molecule has 0 aliphatic rings. The molecule has 0 aliphatic heterocycles. The number of aryl methyl sites for hydroxylation is 1. The number of rotatable bonds is 4. The summed E-state index contributed by atoms with van der Waals surface area (Å²) in [6, 6.07) is 9.79. The van der Waals surface area contributed by atoms with Crippen LogP contribution in [0.3, 0.4) is 0 Å². The minimum atomic E-state index is -0.569. The van der Waals surface area contributed by atoms with Gasteiger partial charge in [0.1, 0.15) is 0 Å². The van der Waals surface area contributed by atoms with E-state index in [4.69, 9.17) is 5.26 Å². The molecule has 0 fully saturated rings. The first kappa shape index (κ1) is 11.3. The van der Waals surface area contributed by atoms with Crippen molar-refractivity contribution in [3.63, 3.8) is 0 Å². The molecule has 0 aliphatic carbocycles. The molecule has 0 heterocycles. The lowest BCUT2D eigenvalue weighted by molar-refractivity contribution is -0.115. The van der Waals surface area contributed by atoms with Crippen molar-refractivity contribution in [1.82, 2.24) is 5.32 Å². The van der Waals surface area contributed by atoms with Crippen LogP contribution in [0.5, 0.6) is 0 Å². The van der Waals surface area contributed by atoms with Gasteiger partial charge >= 0.3 is 5.91 Å². The largest absolute Gasteiger partial charge is 0.343 e. The molecule has 78 valence electrons. The molecule has 0 unspecified atom stereocenters. The molecule has 0 bridgehead atoms. The highest BCUT2D eigenvalue weighted by Crippen LogP contribution is 2.05. The van der Waals surface area contributed by atoms with Crippen molar-refractivity contribution in [2.75, 3.05) is 6.54 Å². The highest BCUT2D eigenvalue weighted by Gasteiger charge is 1.97. The molecule has 1 amide bonds. The van der Waals surface area contributed by atoms with Crippen LogP contribution in [0.15, 0.2) is 24.3 Å². The Bertz CT molecular complexity index is 362. The predicted octanol–water partition coefficient (Wildman–Crippen LogP) is 1.43. The quantitative estimate of drug-likeness (QED) is 0.751. The maximum absolute atomic E-state index is 10.6. The van der Waals surface area contributed by atoms with E-state index in [9.17, 15) is 4.79 Å². The van der Waals surface area contributed by atoms with Crippen LogP contribution in [0.4, 0.5) is 0 Å². The third-order valence-corrected chi connectivity index (χ3v) is 2.23. The second-order valence-corrected chi connectivity index (χ2v) is 3.29. The van der Waals surface area contributed by atoms with Crippen molar-refractivity contribution in [3.8, 4) is 6.07 Å². The first-order chi connectivity index (χ1) is 7.26. The third kappa shape index (κ3) is 3.82. The van der Waals surface area contributed by atoms with Crippen LogP contribution in [0.1, 0.15) is 18.1 Å². The van der Waals surface area contributed by atoms with E-state index in [2.05, 4.69) is 36.5 Å². The lowest BCUT2D eigenvalue weighted by Gasteiger charge is -2.02. The number of nitriles is 1. The van der Waals surface area contributed by atoms with Crippen LogP contribution in [0, 0.1) is 11.3 Å². The molecule has 1 rings (SSSR count). The number of hydrogen-bond acceptors (Lipinski definition) is 2. The molecular weight excluding hydrogens is 188 g/mol. The second-order valence-electron chi connectivity index (χ2n) is 3.29. The summed E-state index contributed by atoms with van der Waals surface area (Å²) >= 11 is 0. The summed E-state index contributed by atoms with van der Waals surface area (Å²) < 4.78 is 0. The fraction of sp³-hybridized carbons (Fsp3) is 0.333. The van der Waals surface area contributed by atoms with Crippen LogP contribution >= 0.6 is 0 Å². The molecule has 3 nitrogen and oxygen atoms in total. The summed E-state index contributed by atoms with van der Waals surface area (Å²) in [5.41, 5.74) is 2.48. The maximum atomic E-state index is 10.6. The Balaban J connectivity index is 2.38. The molecule has 15 heavy (non-hydrogen) atoms. The van der Waals surface area contributed by atoms with E-state index in [-0.39, 0.29) is 0 Å². The number of carbonyl (C=O) groups excluding carboxylic acids is 1. The fourth-order valence-electron chi connectivity index (χ4n) is 1.30. The molecule has 1 aromatic carbocycles. The highest BCUT2D eigenvalue weighted by atomic mass is 16.1. The van der Waals surface area contributed by atoms with Gasteiger partial charge in [0.05, 0.1) is 0 Å². The molecule has 0 spiro atoms. The monoisotopic (exact) mass is 202 g/mol. The van der Waals surface area contributed by atoms with Crippen LogP contribution < -0.4 is 5.32 Å². The molecular formula is C12H14N2O. The van der Waals surface area contributed by atoms with E-state index in [1.165, 1.54) is 17.2 Å². The summed E-state index contributed by atoms with van der Waals surface area (Å²) in [4.78, 5) is 10.6. The first-order valence-corrected chi connectivity index (χ1v) is 5.02. The normalized spacial score (nSPS) is 9.33. The zero-order valence-electron chi connectivity index (χ0n) is 8.79.